The van der Waals surface area contributed by atoms with Crippen molar-refractivity contribution in [2.75, 3.05) is 19.7 Å². The number of aliphatic hydroxyl groups is 1. The fourth-order valence-corrected chi connectivity index (χ4v) is 3.72. The summed E-state index contributed by atoms with van der Waals surface area (Å²) in [5.41, 5.74) is 2.52. The zero-order valence-electron chi connectivity index (χ0n) is 14.8. The van der Waals surface area contributed by atoms with Crippen molar-refractivity contribution >= 4 is 11.6 Å². The maximum atomic E-state index is 12.9. The van der Waals surface area contributed by atoms with Crippen LogP contribution >= 0.6 is 0 Å². The quantitative estimate of drug-likeness (QED) is 0.818. The van der Waals surface area contributed by atoms with Crippen LogP contribution in [0, 0.1) is 19.3 Å². The molecule has 2 N–H and O–H groups in total. The molecule has 5 heteroatoms. The molecule has 0 aromatic carbocycles. The van der Waals surface area contributed by atoms with E-state index < -0.39 is 0 Å². The molecule has 1 aromatic heterocycles. The number of ketones is 2. The van der Waals surface area contributed by atoms with Crippen molar-refractivity contribution in [3.8, 4) is 0 Å². The van der Waals surface area contributed by atoms with E-state index in [0.717, 1.165) is 30.6 Å². The first kappa shape index (κ1) is 17.9. The Hall–Kier alpha value is -1.46. The van der Waals surface area contributed by atoms with E-state index in [-0.39, 0.29) is 29.6 Å². The molecule has 2 rings (SSSR count). The van der Waals surface area contributed by atoms with Crippen molar-refractivity contribution in [3.63, 3.8) is 0 Å². The summed E-state index contributed by atoms with van der Waals surface area (Å²) in [5, 5.41) is 9.60. The van der Waals surface area contributed by atoms with Crippen LogP contribution in [0.15, 0.2) is 0 Å². The molecule has 1 aliphatic heterocycles. The predicted molar refractivity (Wildman–Crippen MR) is 90.1 cm³/mol. The number of H-pyrrole nitrogens is 1. The van der Waals surface area contributed by atoms with Gasteiger partial charge in [-0.15, -0.1) is 0 Å². The fourth-order valence-electron chi connectivity index (χ4n) is 3.72. The lowest BCUT2D eigenvalue weighted by Crippen LogP contribution is -2.50. The molecule has 0 spiro atoms. The molecule has 2 heterocycles. The van der Waals surface area contributed by atoms with E-state index in [4.69, 9.17) is 0 Å². The Kier molecular flexibility index (Phi) is 5.11. The van der Waals surface area contributed by atoms with Gasteiger partial charge >= 0.3 is 0 Å². The number of rotatable bonds is 5. The van der Waals surface area contributed by atoms with Crippen molar-refractivity contribution in [3.05, 3.63) is 22.5 Å². The predicted octanol–water partition coefficient (Wildman–Crippen LogP) is 2.50. The highest BCUT2D eigenvalue weighted by molar-refractivity contribution is 6.05. The Bertz CT molecular complexity index is 620. The molecule has 0 aliphatic carbocycles. The van der Waals surface area contributed by atoms with E-state index in [9.17, 15) is 14.7 Å². The standard InChI is InChI=1S/C18H28N2O3/c1-11-15(14(4)22)12(2)19-16(11)17(23)13(3)20-8-6-7-18(5,9-20)10-21/h13,19,21H,6-10H2,1-5H3. The second kappa shape index (κ2) is 6.57. The van der Waals surface area contributed by atoms with Gasteiger partial charge in [-0.1, -0.05) is 6.92 Å². The number of aliphatic hydroxyl groups excluding tert-OH is 1. The molecule has 0 amide bonds. The summed E-state index contributed by atoms with van der Waals surface area (Å²) in [7, 11) is 0. The van der Waals surface area contributed by atoms with Gasteiger partial charge < -0.3 is 10.1 Å². The fraction of sp³-hybridized carbons (Fsp3) is 0.667. The number of carbonyl (C=O) groups is 2. The van der Waals surface area contributed by atoms with Crippen LogP contribution in [0.1, 0.15) is 65.7 Å². The number of aromatic amines is 1. The Morgan fingerprint density at radius 3 is 2.57 bits per heavy atom. The van der Waals surface area contributed by atoms with Crippen molar-refractivity contribution in [1.82, 2.24) is 9.88 Å². The molecule has 0 bridgehead atoms. The Morgan fingerprint density at radius 2 is 2.04 bits per heavy atom. The molecule has 2 unspecified atom stereocenters. The number of aryl methyl sites for hydroxylation is 1. The van der Waals surface area contributed by atoms with Gasteiger partial charge in [-0.25, -0.2) is 0 Å². The lowest BCUT2D eigenvalue weighted by atomic mass is 9.82. The number of piperidine rings is 1. The molecule has 2 atom stereocenters. The van der Waals surface area contributed by atoms with Crippen molar-refractivity contribution in [2.24, 2.45) is 5.41 Å². The summed E-state index contributed by atoms with van der Waals surface area (Å²) in [5.74, 6) is -0.00549. The molecule has 0 saturated carbocycles. The van der Waals surface area contributed by atoms with Gasteiger partial charge in [0.05, 0.1) is 11.7 Å². The Morgan fingerprint density at radius 1 is 1.39 bits per heavy atom. The van der Waals surface area contributed by atoms with Crippen LogP contribution in [0.4, 0.5) is 0 Å². The molecule has 23 heavy (non-hydrogen) atoms. The number of carbonyl (C=O) groups excluding carboxylic acids is 2. The van der Waals surface area contributed by atoms with Crippen LogP contribution in [-0.2, 0) is 0 Å². The second-order valence-corrected chi connectivity index (χ2v) is 7.26. The van der Waals surface area contributed by atoms with Crippen molar-refractivity contribution < 1.29 is 14.7 Å². The molecule has 1 aromatic rings. The summed E-state index contributed by atoms with van der Waals surface area (Å²) < 4.78 is 0. The third-order valence-electron chi connectivity index (χ3n) is 5.16. The number of nitrogens with zero attached hydrogens (tertiary/aromatic N) is 1. The van der Waals surface area contributed by atoms with E-state index in [1.165, 1.54) is 6.92 Å². The largest absolute Gasteiger partial charge is 0.396 e. The van der Waals surface area contributed by atoms with E-state index in [0.29, 0.717) is 17.8 Å². The molecule has 1 aliphatic rings. The third-order valence-corrected chi connectivity index (χ3v) is 5.16. The van der Waals surface area contributed by atoms with Crippen LogP contribution in [-0.4, -0.2) is 52.3 Å². The minimum atomic E-state index is -0.266. The SMILES string of the molecule is CC(=O)c1c(C)[nH]c(C(=O)C(C)N2CCCC(C)(CO)C2)c1C. The molecule has 128 valence electrons. The lowest BCUT2D eigenvalue weighted by Gasteiger charge is -2.41. The number of Topliss-reactive ketones (excluding diaryl/α,β-unsaturated/α-hetero) is 2. The smallest absolute Gasteiger partial charge is 0.196 e. The summed E-state index contributed by atoms with van der Waals surface area (Å²) in [6.45, 7) is 10.9. The maximum absolute atomic E-state index is 12.9. The van der Waals surface area contributed by atoms with Crippen LogP contribution in [0.2, 0.25) is 0 Å². The van der Waals surface area contributed by atoms with E-state index in [1.807, 2.05) is 20.8 Å². The summed E-state index contributed by atoms with van der Waals surface area (Å²) in [4.78, 5) is 29.9. The highest BCUT2D eigenvalue weighted by Crippen LogP contribution is 2.30. The van der Waals surface area contributed by atoms with Gasteiger partial charge in [0.25, 0.3) is 0 Å². The molecule has 0 radical (unpaired) electrons. The van der Waals surface area contributed by atoms with E-state index in [1.54, 1.807) is 0 Å². The van der Waals surface area contributed by atoms with Gasteiger partial charge in [-0.05, 0) is 52.6 Å². The van der Waals surface area contributed by atoms with Gasteiger partial charge in [0, 0.05) is 29.8 Å². The average Bonchev–Trinajstić information content (AvgIpc) is 2.80. The number of likely N-dealkylation sites (tertiary alicyclic amines) is 1. The van der Waals surface area contributed by atoms with Crippen molar-refractivity contribution in [1.29, 1.82) is 0 Å². The van der Waals surface area contributed by atoms with Crippen LogP contribution in [0.5, 0.6) is 0 Å². The van der Waals surface area contributed by atoms with Gasteiger partial charge in [-0.2, -0.15) is 0 Å². The normalized spacial score (nSPS) is 23.7. The van der Waals surface area contributed by atoms with Crippen LogP contribution in [0.3, 0.4) is 0 Å². The lowest BCUT2D eigenvalue weighted by molar-refractivity contribution is 0.0276. The molecular formula is C18H28N2O3. The first-order valence-electron chi connectivity index (χ1n) is 8.29. The van der Waals surface area contributed by atoms with Crippen LogP contribution < -0.4 is 0 Å². The molecule has 1 saturated heterocycles. The van der Waals surface area contributed by atoms with E-state index in [2.05, 4.69) is 16.8 Å². The second-order valence-electron chi connectivity index (χ2n) is 7.26. The number of hydrogen-bond donors (Lipinski definition) is 2. The molecular weight excluding hydrogens is 292 g/mol. The highest BCUT2D eigenvalue weighted by atomic mass is 16.3. The highest BCUT2D eigenvalue weighted by Gasteiger charge is 2.35. The Labute approximate surface area is 138 Å². The maximum Gasteiger partial charge on any atom is 0.196 e. The van der Waals surface area contributed by atoms with Crippen molar-refractivity contribution in [2.45, 2.75) is 53.5 Å². The topological polar surface area (TPSA) is 73.4 Å². The summed E-state index contributed by atoms with van der Waals surface area (Å²) in [6, 6.07) is -0.266. The van der Waals surface area contributed by atoms with Gasteiger partial charge in [0.1, 0.15) is 0 Å². The first-order chi connectivity index (χ1) is 10.7. The average molecular weight is 320 g/mol. The molecule has 1 fully saturated rings. The number of aromatic nitrogens is 1. The number of hydrogen-bond acceptors (Lipinski definition) is 4. The van der Waals surface area contributed by atoms with Gasteiger partial charge in [0.15, 0.2) is 11.6 Å². The molecule has 5 nitrogen and oxygen atoms in total. The van der Waals surface area contributed by atoms with E-state index >= 15 is 0 Å². The van der Waals surface area contributed by atoms with Crippen LogP contribution in [0.25, 0.3) is 0 Å². The minimum absolute atomic E-state index is 0.0142. The monoisotopic (exact) mass is 320 g/mol. The zero-order valence-corrected chi connectivity index (χ0v) is 14.8. The summed E-state index contributed by atoms with van der Waals surface area (Å²) in [6.07, 6.45) is 1.96. The first-order valence-corrected chi connectivity index (χ1v) is 8.29. The Balaban J connectivity index is 2.23. The number of nitrogens with one attached hydrogen (secondary N) is 1. The van der Waals surface area contributed by atoms with Gasteiger partial charge in [0.2, 0.25) is 0 Å². The summed E-state index contributed by atoms with van der Waals surface area (Å²) >= 11 is 0. The zero-order chi connectivity index (χ0) is 17.4. The minimum Gasteiger partial charge on any atom is -0.396 e. The van der Waals surface area contributed by atoms with Gasteiger partial charge in [-0.3, -0.25) is 14.5 Å². The third kappa shape index (κ3) is 3.40.